The number of carbonyl (C=O) groups is 2. The minimum absolute atomic E-state index is 0.0223. The van der Waals surface area contributed by atoms with Crippen molar-refractivity contribution in [2.45, 2.75) is 44.7 Å². The third-order valence-corrected chi connectivity index (χ3v) is 5.18. The fraction of sp³-hybridized carbons (Fsp3) is 0.579. The van der Waals surface area contributed by atoms with E-state index < -0.39 is 12.0 Å². The smallest absolute Gasteiger partial charge is 0.225 e. The molecule has 2 saturated heterocycles. The second kappa shape index (κ2) is 7.95. The van der Waals surface area contributed by atoms with Crippen molar-refractivity contribution in [2.24, 2.45) is 5.92 Å². The van der Waals surface area contributed by atoms with Crippen LogP contribution in [0.1, 0.15) is 44.2 Å². The normalized spacial score (nSPS) is 25.0. The number of amides is 2. The van der Waals surface area contributed by atoms with Crippen molar-refractivity contribution in [3.63, 3.8) is 0 Å². The summed E-state index contributed by atoms with van der Waals surface area (Å²) in [6.45, 7) is 3.61. The zero-order valence-corrected chi connectivity index (χ0v) is 14.5. The summed E-state index contributed by atoms with van der Waals surface area (Å²) in [6, 6.07) is 5.98. The molecular weight excluding hydrogens is 323 g/mol. The summed E-state index contributed by atoms with van der Waals surface area (Å²) < 4.78 is 19.7. The van der Waals surface area contributed by atoms with Gasteiger partial charge in [-0.1, -0.05) is 18.2 Å². The van der Waals surface area contributed by atoms with Gasteiger partial charge in [0.15, 0.2) is 0 Å². The number of likely N-dealkylation sites (tertiary alicyclic amines) is 1. The Hall–Kier alpha value is -1.95. The number of rotatable bonds is 4. The van der Waals surface area contributed by atoms with Crippen molar-refractivity contribution in [2.75, 3.05) is 19.8 Å². The number of hydrogen-bond donors (Lipinski definition) is 1. The van der Waals surface area contributed by atoms with Crippen molar-refractivity contribution in [1.29, 1.82) is 0 Å². The Bertz CT molecular complexity index is 631. The largest absolute Gasteiger partial charge is 0.381 e. The predicted molar refractivity (Wildman–Crippen MR) is 91.2 cm³/mol. The van der Waals surface area contributed by atoms with Gasteiger partial charge in [0.2, 0.25) is 11.8 Å². The van der Waals surface area contributed by atoms with Crippen LogP contribution in [0.25, 0.3) is 0 Å². The number of carbonyl (C=O) groups excluding carboxylic acids is 2. The molecule has 136 valence electrons. The van der Waals surface area contributed by atoms with E-state index in [1.807, 2.05) is 6.92 Å². The van der Waals surface area contributed by atoms with Gasteiger partial charge in [0, 0.05) is 37.8 Å². The Morgan fingerprint density at radius 2 is 2.00 bits per heavy atom. The van der Waals surface area contributed by atoms with Gasteiger partial charge in [0.05, 0.1) is 12.0 Å². The minimum atomic E-state index is -0.549. The third kappa shape index (κ3) is 3.84. The maximum atomic E-state index is 14.4. The van der Waals surface area contributed by atoms with Gasteiger partial charge in [-0.25, -0.2) is 4.39 Å². The standard InChI is InChI=1S/C19H25FN2O3/c1-2-22-17(23)8-7-15(18(22)14-5-3-4-6-16(14)20)19(24)21-13-9-11-25-12-10-13/h3-6,13,15,18H,2,7-12H2,1H3,(H,21,24)/t15-,18+/m1/s1. The molecule has 3 rings (SSSR count). The highest BCUT2D eigenvalue weighted by Gasteiger charge is 2.41. The van der Waals surface area contributed by atoms with E-state index in [-0.39, 0.29) is 23.7 Å². The molecule has 2 fully saturated rings. The molecule has 0 spiro atoms. The minimum Gasteiger partial charge on any atom is -0.381 e. The lowest BCUT2D eigenvalue weighted by atomic mass is 9.83. The van der Waals surface area contributed by atoms with E-state index >= 15 is 0 Å². The van der Waals surface area contributed by atoms with Gasteiger partial charge in [0.1, 0.15) is 5.82 Å². The molecular formula is C19H25FN2O3. The highest BCUT2D eigenvalue weighted by atomic mass is 19.1. The number of nitrogens with one attached hydrogen (secondary N) is 1. The summed E-state index contributed by atoms with van der Waals surface area (Å²) in [5.74, 6) is -0.918. The summed E-state index contributed by atoms with van der Waals surface area (Å²) in [5, 5.41) is 3.09. The summed E-state index contributed by atoms with van der Waals surface area (Å²) in [7, 11) is 0. The zero-order valence-electron chi connectivity index (χ0n) is 14.5. The van der Waals surface area contributed by atoms with Gasteiger partial charge in [-0.05, 0) is 32.3 Å². The Labute approximate surface area is 147 Å². The van der Waals surface area contributed by atoms with E-state index in [0.717, 1.165) is 12.8 Å². The topological polar surface area (TPSA) is 58.6 Å². The van der Waals surface area contributed by atoms with Gasteiger partial charge in [-0.2, -0.15) is 0 Å². The first-order valence-corrected chi connectivity index (χ1v) is 9.03. The zero-order chi connectivity index (χ0) is 17.8. The Morgan fingerprint density at radius 1 is 1.28 bits per heavy atom. The molecule has 5 nitrogen and oxygen atoms in total. The number of piperidine rings is 1. The Morgan fingerprint density at radius 3 is 2.68 bits per heavy atom. The van der Waals surface area contributed by atoms with Crippen LogP contribution in [0, 0.1) is 11.7 Å². The molecule has 2 amide bonds. The fourth-order valence-corrected chi connectivity index (χ4v) is 3.85. The first-order valence-electron chi connectivity index (χ1n) is 9.03. The number of ether oxygens (including phenoxy) is 1. The summed E-state index contributed by atoms with van der Waals surface area (Å²) in [6.07, 6.45) is 2.35. The van der Waals surface area contributed by atoms with Crippen LogP contribution in [0.5, 0.6) is 0 Å². The Balaban J connectivity index is 1.85. The highest BCUT2D eigenvalue weighted by Crippen LogP contribution is 2.38. The number of nitrogens with zero attached hydrogens (tertiary/aromatic N) is 1. The van der Waals surface area contributed by atoms with E-state index in [0.29, 0.717) is 38.2 Å². The lowest BCUT2D eigenvalue weighted by molar-refractivity contribution is -0.143. The van der Waals surface area contributed by atoms with Gasteiger partial charge >= 0.3 is 0 Å². The van der Waals surface area contributed by atoms with E-state index in [2.05, 4.69) is 5.32 Å². The maximum Gasteiger partial charge on any atom is 0.225 e. The van der Waals surface area contributed by atoms with Crippen LogP contribution in [0.2, 0.25) is 0 Å². The van der Waals surface area contributed by atoms with E-state index in [1.54, 1.807) is 23.1 Å². The van der Waals surface area contributed by atoms with Crippen LogP contribution in [-0.2, 0) is 14.3 Å². The van der Waals surface area contributed by atoms with Gasteiger partial charge in [-0.3, -0.25) is 9.59 Å². The SMILES string of the molecule is CCN1C(=O)CC[C@@H](C(=O)NC2CCOCC2)[C@@H]1c1ccccc1F. The number of hydrogen-bond acceptors (Lipinski definition) is 3. The summed E-state index contributed by atoms with van der Waals surface area (Å²) in [5.41, 5.74) is 0.421. The third-order valence-electron chi connectivity index (χ3n) is 5.18. The molecule has 0 aliphatic carbocycles. The van der Waals surface area contributed by atoms with Gasteiger partial charge < -0.3 is 15.0 Å². The number of halogens is 1. The molecule has 2 aliphatic heterocycles. The molecule has 0 bridgehead atoms. The second-order valence-electron chi connectivity index (χ2n) is 6.69. The summed E-state index contributed by atoms with van der Waals surface area (Å²) in [4.78, 5) is 26.9. The maximum absolute atomic E-state index is 14.4. The molecule has 1 aromatic rings. The van der Waals surface area contributed by atoms with Crippen LogP contribution >= 0.6 is 0 Å². The molecule has 1 N–H and O–H groups in total. The van der Waals surface area contributed by atoms with Crippen molar-refractivity contribution >= 4 is 11.8 Å². The Kier molecular flexibility index (Phi) is 5.68. The molecule has 0 unspecified atom stereocenters. The first-order chi connectivity index (χ1) is 12.1. The average Bonchev–Trinajstić information content (AvgIpc) is 2.62. The molecule has 6 heteroatoms. The molecule has 0 radical (unpaired) electrons. The predicted octanol–water partition coefficient (Wildman–Crippen LogP) is 2.42. The fourth-order valence-electron chi connectivity index (χ4n) is 3.85. The van der Waals surface area contributed by atoms with Crippen molar-refractivity contribution in [3.05, 3.63) is 35.6 Å². The van der Waals surface area contributed by atoms with Gasteiger partial charge in [-0.15, -0.1) is 0 Å². The molecule has 2 aliphatic rings. The lowest BCUT2D eigenvalue weighted by Gasteiger charge is -2.41. The second-order valence-corrected chi connectivity index (χ2v) is 6.69. The van der Waals surface area contributed by atoms with E-state index in [1.165, 1.54) is 6.07 Å². The summed E-state index contributed by atoms with van der Waals surface area (Å²) >= 11 is 0. The van der Waals surface area contributed by atoms with Crippen LogP contribution in [0.15, 0.2) is 24.3 Å². The van der Waals surface area contributed by atoms with E-state index in [4.69, 9.17) is 4.74 Å². The van der Waals surface area contributed by atoms with Crippen LogP contribution in [0.3, 0.4) is 0 Å². The average molecular weight is 348 g/mol. The van der Waals surface area contributed by atoms with Crippen LogP contribution in [0.4, 0.5) is 4.39 Å². The first kappa shape index (κ1) is 17.9. The molecule has 0 aromatic heterocycles. The molecule has 1 aromatic carbocycles. The molecule has 25 heavy (non-hydrogen) atoms. The quantitative estimate of drug-likeness (QED) is 0.909. The van der Waals surface area contributed by atoms with Crippen LogP contribution < -0.4 is 5.32 Å². The van der Waals surface area contributed by atoms with Gasteiger partial charge in [0.25, 0.3) is 0 Å². The van der Waals surface area contributed by atoms with Crippen molar-refractivity contribution in [3.8, 4) is 0 Å². The monoisotopic (exact) mass is 348 g/mol. The molecule has 2 atom stereocenters. The van der Waals surface area contributed by atoms with Crippen molar-refractivity contribution < 1.29 is 18.7 Å². The lowest BCUT2D eigenvalue weighted by Crippen LogP contribution is -2.50. The highest BCUT2D eigenvalue weighted by molar-refractivity contribution is 5.85. The van der Waals surface area contributed by atoms with Crippen LogP contribution in [-0.4, -0.2) is 42.5 Å². The van der Waals surface area contributed by atoms with Crippen molar-refractivity contribution in [1.82, 2.24) is 10.2 Å². The number of benzene rings is 1. The molecule has 2 heterocycles. The molecule has 0 saturated carbocycles. The van der Waals surface area contributed by atoms with E-state index in [9.17, 15) is 14.0 Å².